The van der Waals surface area contributed by atoms with Crippen LogP contribution in [0, 0.1) is 0 Å². The van der Waals surface area contributed by atoms with Gasteiger partial charge in [-0.05, 0) is 90.3 Å². The summed E-state index contributed by atoms with van der Waals surface area (Å²) in [5.74, 6) is 0. The summed E-state index contributed by atoms with van der Waals surface area (Å²) in [5, 5.41) is 11.1. The fourth-order valence-electron chi connectivity index (χ4n) is 6.99. The van der Waals surface area contributed by atoms with Crippen LogP contribution in [0.25, 0.3) is 33.2 Å². The molecule has 0 unspecified atom stereocenters. The van der Waals surface area contributed by atoms with Crippen LogP contribution in [0.4, 0.5) is 0 Å². The molecule has 0 atom stereocenters. The van der Waals surface area contributed by atoms with Crippen LogP contribution in [0.1, 0.15) is 0 Å². The Bertz CT molecular complexity index is 2420. The van der Waals surface area contributed by atoms with Gasteiger partial charge in [-0.2, -0.15) is 0 Å². The molecule has 0 saturated heterocycles. The van der Waals surface area contributed by atoms with Crippen LogP contribution in [0.15, 0.2) is 249 Å². The third kappa shape index (κ3) is 12.6. The molecule has 61 heavy (non-hydrogen) atoms. The van der Waals surface area contributed by atoms with Crippen molar-refractivity contribution < 1.29 is 17.1 Å². The van der Waals surface area contributed by atoms with Gasteiger partial charge in [-0.15, -0.1) is 34.4 Å². The number of halogens is 2. The maximum Gasteiger partial charge on any atom is 1.00 e. The van der Waals surface area contributed by atoms with Gasteiger partial charge in [0.15, 0.2) is 0 Å². The van der Waals surface area contributed by atoms with Crippen molar-refractivity contribution in [2.24, 2.45) is 0 Å². The van der Waals surface area contributed by atoms with Gasteiger partial charge in [-0.25, -0.2) is 4.98 Å². The summed E-state index contributed by atoms with van der Waals surface area (Å²) in [5.41, 5.74) is 3.89. The van der Waals surface area contributed by atoms with Crippen LogP contribution >= 0.6 is 39.0 Å². The van der Waals surface area contributed by atoms with E-state index in [1.54, 1.807) is 0 Å². The van der Waals surface area contributed by atoms with E-state index in [1.807, 2.05) is 42.5 Å². The minimum absolute atomic E-state index is 0. The number of hydrogen-bond acceptors (Lipinski definition) is 1. The predicted molar refractivity (Wildman–Crippen MR) is 268 cm³/mol. The molecule has 0 saturated carbocycles. The van der Waals surface area contributed by atoms with Crippen molar-refractivity contribution in [1.82, 2.24) is 9.97 Å². The maximum atomic E-state index is 4.76. The van der Waals surface area contributed by atoms with Gasteiger partial charge in [0.25, 0.3) is 0 Å². The minimum Gasteiger partial charge on any atom is -0.656 e. The molecule has 0 aliphatic carbocycles. The van der Waals surface area contributed by atoms with Crippen LogP contribution in [0.2, 0.25) is 0 Å². The minimum atomic E-state index is -0.877. The number of hydrogen-bond donors (Lipinski definition) is 0. The van der Waals surface area contributed by atoms with Gasteiger partial charge >= 0.3 is 17.1 Å². The van der Waals surface area contributed by atoms with Gasteiger partial charge in [-0.1, -0.05) is 164 Å². The topological polar surface area (TPSA) is 27.0 Å². The maximum absolute atomic E-state index is 4.76. The fraction of sp³-hybridized carbons (Fsp3) is 0.0185. The molecule has 2 heterocycles. The first-order valence-corrected chi connectivity index (χ1v) is 23.9. The number of pyridine rings is 1. The molecule has 10 aromatic rings. The van der Waals surface area contributed by atoms with Crippen molar-refractivity contribution in [2.45, 2.75) is 0 Å². The largest absolute Gasteiger partial charge is 1.00 e. The predicted octanol–water partition coefficient (Wildman–Crippen LogP) is 11.8. The van der Waals surface area contributed by atoms with Crippen molar-refractivity contribution in [1.29, 1.82) is 0 Å². The second kappa shape index (κ2) is 24.2. The Kier molecular flexibility index (Phi) is 17.9. The smallest absolute Gasteiger partial charge is 0.656 e. The standard InChI is InChI=1S/2C18H15P.C17H11N2.CH2Cl2.Cu/c2*1-4-10-16(11-5-1)19(17-12-6-2-7-13-17)18-14-8-3-9-15-18;1-3-7-14-12(5-1)9-10-16(18-14)17-11-13-6-2-4-8-15(13)19-17;2-1-3;/h2*1-15H;1-11H;1H2;/q;;-1;;+1/p+2. The number of fused-ring (bicyclic) bond motifs is 2. The molecular weight excluding hydrogens is 873 g/mol. The summed E-state index contributed by atoms with van der Waals surface area (Å²) in [6.45, 7) is 0. The van der Waals surface area contributed by atoms with E-state index in [2.05, 4.69) is 216 Å². The molecule has 0 fully saturated rings. The van der Waals surface area contributed by atoms with Crippen molar-refractivity contribution in [3.8, 4) is 11.4 Å². The summed E-state index contributed by atoms with van der Waals surface area (Å²) in [4.78, 5) is 9.31. The molecule has 7 heteroatoms. The molecule has 0 amide bonds. The second-order valence-corrected chi connectivity index (χ2v) is 19.4. The van der Waals surface area contributed by atoms with Crippen molar-refractivity contribution in [2.75, 3.05) is 5.34 Å². The molecule has 2 nitrogen and oxygen atoms in total. The average Bonchev–Trinajstić information content (AvgIpc) is 3.77. The molecule has 0 aliphatic rings. The first-order valence-electron chi connectivity index (χ1n) is 19.8. The molecule has 0 radical (unpaired) electrons. The van der Waals surface area contributed by atoms with E-state index in [9.17, 15) is 0 Å². The van der Waals surface area contributed by atoms with E-state index in [1.165, 1.54) is 31.8 Å². The van der Waals surface area contributed by atoms with E-state index in [0.29, 0.717) is 0 Å². The van der Waals surface area contributed by atoms with Crippen LogP contribution in [0.3, 0.4) is 0 Å². The zero-order valence-corrected chi connectivity index (χ0v) is 37.8. The van der Waals surface area contributed by atoms with Crippen LogP contribution in [-0.2, 0) is 17.1 Å². The van der Waals surface area contributed by atoms with Crippen LogP contribution in [-0.4, -0.2) is 10.3 Å². The summed E-state index contributed by atoms with van der Waals surface area (Å²) >= 11 is 9.53. The average molecular weight is 918 g/mol. The fourth-order valence-corrected chi connectivity index (χ4v) is 12.1. The summed E-state index contributed by atoms with van der Waals surface area (Å²) < 4.78 is 0. The van der Waals surface area contributed by atoms with Crippen LogP contribution in [0.5, 0.6) is 0 Å². The molecule has 10 rings (SSSR count). The molecular formula is C54H45Cl2CuN2P2+2. The van der Waals surface area contributed by atoms with Gasteiger partial charge in [0.1, 0.15) is 31.8 Å². The Morgan fingerprint density at radius 1 is 0.361 bits per heavy atom. The molecule has 304 valence electrons. The van der Waals surface area contributed by atoms with Crippen molar-refractivity contribution >= 4 is 92.7 Å². The quantitative estimate of drug-likeness (QED) is 0.0905. The van der Waals surface area contributed by atoms with E-state index in [0.717, 1.165) is 33.2 Å². The summed E-state index contributed by atoms with van der Waals surface area (Å²) in [6.07, 6.45) is 0. The van der Waals surface area contributed by atoms with Crippen molar-refractivity contribution in [3.05, 3.63) is 249 Å². The van der Waals surface area contributed by atoms with Gasteiger partial charge < -0.3 is 4.98 Å². The zero-order chi connectivity index (χ0) is 41.2. The molecule has 2 aromatic heterocycles. The third-order valence-electron chi connectivity index (χ3n) is 9.71. The number of para-hydroxylation sites is 2. The Balaban J connectivity index is 0.000000147. The Morgan fingerprint density at radius 2 is 0.672 bits per heavy atom. The van der Waals surface area contributed by atoms with Gasteiger partial charge in [0.2, 0.25) is 0 Å². The normalized spacial score (nSPS) is 10.4. The summed E-state index contributed by atoms with van der Waals surface area (Å²) in [6, 6.07) is 87.5. The monoisotopic (exact) mass is 916 g/mol. The summed E-state index contributed by atoms with van der Waals surface area (Å²) in [7, 11) is -1.75. The molecule has 0 spiro atoms. The van der Waals surface area contributed by atoms with Gasteiger partial charge in [0.05, 0.1) is 26.7 Å². The van der Waals surface area contributed by atoms with Gasteiger partial charge in [0, 0.05) is 11.1 Å². The molecule has 0 aliphatic heterocycles. The molecule has 0 bridgehead atoms. The van der Waals surface area contributed by atoms with E-state index >= 15 is 0 Å². The molecule has 8 aromatic carbocycles. The Hall–Kier alpha value is -5.33. The van der Waals surface area contributed by atoms with Crippen molar-refractivity contribution in [3.63, 3.8) is 0 Å². The number of nitrogens with zero attached hydrogens (tertiary/aromatic N) is 2. The van der Waals surface area contributed by atoms with E-state index < -0.39 is 15.8 Å². The van der Waals surface area contributed by atoms with E-state index in [4.69, 9.17) is 23.2 Å². The van der Waals surface area contributed by atoms with E-state index in [-0.39, 0.29) is 22.4 Å². The Morgan fingerprint density at radius 3 is 1.03 bits per heavy atom. The van der Waals surface area contributed by atoms with Gasteiger partial charge in [-0.3, -0.25) is 0 Å². The number of benzene rings is 8. The first kappa shape index (κ1) is 45.2. The molecule has 0 N–H and O–H groups in total. The number of rotatable bonds is 7. The second-order valence-electron chi connectivity index (χ2n) is 13.6. The Labute approximate surface area is 382 Å². The third-order valence-corrected chi connectivity index (χ3v) is 15.2. The number of alkyl halides is 2. The zero-order valence-electron chi connectivity index (χ0n) is 33.3. The number of aromatic nitrogens is 2. The first-order chi connectivity index (χ1) is 29.7. The SMILES string of the molecule is ClCCl.[Cu+].c1ccc([PH+](c2ccccc2)c2ccccc2)cc1.c1ccc([PH+](c2ccccc2)c2ccccc2)cc1.c1ccc2nc(-c3cc4ccccc4[n-]3)ccc2c1. The van der Waals surface area contributed by atoms with Crippen LogP contribution < -0.4 is 36.8 Å².